The number of ether oxygens (including phenoxy) is 1. The average Bonchev–Trinajstić information content (AvgIpc) is 2.62. The maximum Gasteiger partial charge on any atom is 0.293 e. The maximum absolute atomic E-state index is 11.9. The summed E-state index contributed by atoms with van der Waals surface area (Å²) in [4.78, 5) is 12.7. The van der Waals surface area contributed by atoms with Gasteiger partial charge >= 0.3 is 0 Å². The molecule has 0 amide bonds. The lowest BCUT2D eigenvalue weighted by Gasteiger charge is -2.42. The minimum atomic E-state index is -4.10. The molecule has 144 valence electrons. The van der Waals surface area contributed by atoms with E-state index < -0.39 is 14.9 Å². The zero-order chi connectivity index (χ0) is 18.7. The number of likely N-dealkylation sites (tertiary alicyclic amines) is 1. The van der Waals surface area contributed by atoms with E-state index in [1.807, 2.05) is 0 Å². The van der Waals surface area contributed by atoms with Crippen LogP contribution in [-0.4, -0.2) is 43.8 Å². The van der Waals surface area contributed by atoms with Crippen molar-refractivity contribution < 1.29 is 18.1 Å². The molecule has 3 rings (SSSR count). The van der Waals surface area contributed by atoms with Crippen molar-refractivity contribution in [2.24, 2.45) is 5.14 Å². The Kier molecular flexibility index (Phi) is 5.76. The topological polar surface area (TPSA) is 128 Å². The number of nitro benzene ring substituents is 1. The van der Waals surface area contributed by atoms with Gasteiger partial charge in [-0.3, -0.25) is 15.0 Å². The lowest BCUT2D eigenvalue weighted by atomic mass is 10.0. The van der Waals surface area contributed by atoms with Gasteiger partial charge in [-0.1, -0.05) is 6.07 Å². The van der Waals surface area contributed by atoms with Gasteiger partial charge in [0.2, 0.25) is 10.0 Å². The summed E-state index contributed by atoms with van der Waals surface area (Å²) < 4.78 is 29.7. The molecule has 2 aliphatic rings. The second kappa shape index (κ2) is 7.87. The predicted octanol–water partition coefficient (Wildman–Crippen LogP) is 1.99. The number of hydrogen-bond donors (Lipinski definition) is 2. The Morgan fingerprint density at radius 3 is 2.65 bits per heavy atom. The third-order valence-corrected chi connectivity index (χ3v) is 5.84. The smallest absolute Gasteiger partial charge is 0.293 e. The van der Waals surface area contributed by atoms with Gasteiger partial charge in [0, 0.05) is 19.2 Å². The Bertz CT molecular complexity index is 764. The molecule has 9 nitrogen and oxygen atoms in total. The van der Waals surface area contributed by atoms with E-state index in [0.717, 1.165) is 45.1 Å². The number of nitro groups is 1. The normalized spacial score (nSPS) is 25.0. The van der Waals surface area contributed by atoms with Crippen molar-refractivity contribution in [3.05, 3.63) is 28.3 Å². The molecular formula is C16H24N4O5S. The van der Waals surface area contributed by atoms with Crippen molar-refractivity contribution in [1.82, 2.24) is 4.90 Å². The largest absolute Gasteiger partial charge is 0.363 e. The highest BCUT2D eigenvalue weighted by Gasteiger charge is 2.33. The fraction of sp³-hybridized carbons (Fsp3) is 0.625. The average molecular weight is 384 g/mol. The molecule has 1 aromatic carbocycles. The summed E-state index contributed by atoms with van der Waals surface area (Å²) in [7, 11) is -4.10. The van der Waals surface area contributed by atoms with Crippen LogP contribution < -0.4 is 10.5 Å². The van der Waals surface area contributed by atoms with E-state index in [-0.39, 0.29) is 28.7 Å². The number of piperidine rings is 1. The summed E-state index contributed by atoms with van der Waals surface area (Å²) in [6.07, 6.45) is 5.41. The van der Waals surface area contributed by atoms with E-state index >= 15 is 0 Å². The molecule has 0 spiro atoms. The first-order valence-electron chi connectivity index (χ1n) is 8.82. The van der Waals surface area contributed by atoms with Crippen molar-refractivity contribution >= 4 is 21.4 Å². The van der Waals surface area contributed by atoms with Gasteiger partial charge in [0.1, 0.15) is 16.8 Å². The summed E-state index contributed by atoms with van der Waals surface area (Å²) in [6, 6.07) is 3.89. The van der Waals surface area contributed by atoms with Crippen LogP contribution in [0.5, 0.6) is 0 Å². The highest BCUT2D eigenvalue weighted by Crippen LogP contribution is 2.34. The van der Waals surface area contributed by atoms with Gasteiger partial charge in [0.15, 0.2) is 0 Å². The number of nitrogens with zero attached hydrogens (tertiary/aromatic N) is 2. The molecule has 0 aliphatic carbocycles. The van der Waals surface area contributed by atoms with Crippen LogP contribution in [0.1, 0.15) is 38.5 Å². The molecule has 0 aromatic heterocycles. The SMILES string of the molecule is NS(=O)(=O)c1cccc([N+](=O)[O-])c1NC1CCCCN1C1CCCCO1. The van der Waals surface area contributed by atoms with Crippen molar-refractivity contribution in [2.45, 2.75) is 55.8 Å². The number of rotatable bonds is 5. The third kappa shape index (κ3) is 4.14. The Morgan fingerprint density at radius 2 is 2.00 bits per heavy atom. The van der Waals surface area contributed by atoms with E-state index in [9.17, 15) is 18.5 Å². The maximum atomic E-state index is 11.9. The molecule has 3 N–H and O–H groups in total. The monoisotopic (exact) mass is 384 g/mol. The van der Waals surface area contributed by atoms with Crippen LogP contribution in [0.4, 0.5) is 11.4 Å². The number of nitrogens with two attached hydrogens (primary N) is 1. The number of sulfonamides is 1. The molecule has 2 aliphatic heterocycles. The summed E-state index contributed by atoms with van der Waals surface area (Å²) in [5.41, 5.74) is -0.348. The standard InChI is InChI=1S/C16H24N4O5S/c17-26(23,24)13-7-5-6-12(20(21)22)16(13)18-14-8-1-3-10-19(14)15-9-2-4-11-25-15/h5-7,14-15,18H,1-4,8-11H2,(H2,17,23,24). The van der Waals surface area contributed by atoms with E-state index in [1.165, 1.54) is 18.2 Å². The molecule has 1 aromatic rings. The molecule has 10 heteroatoms. The number of hydrogen-bond acceptors (Lipinski definition) is 7. The molecule has 2 fully saturated rings. The van der Waals surface area contributed by atoms with E-state index in [0.29, 0.717) is 6.61 Å². The van der Waals surface area contributed by atoms with Gasteiger partial charge in [-0.15, -0.1) is 0 Å². The lowest BCUT2D eigenvalue weighted by molar-refractivity contribution is -0.384. The van der Waals surface area contributed by atoms with Gasteiger partial charge in [-0.25, -0.2) is 13.6 Å². The molecule has 2 unspecified atom stereocenters. The van der Waals surface area contributed by atoms with Crippen LogP contribution in [-0.2, 0) is 14.8 Å². The van der Waals surface area contributed by atoms with Crippen molar-refractivity contribution in [1.29, 1.82) is 0 Å². The molecule has 2 saturated heterocycles. The van der Waals surface area contributed by atoms with E-state index in [2.05, 4.69) is 10.2 Å². The second-order valence-electron chi connectivity index (χ2n) is 6.67. The predicted molar refractivity (Wildman–Crippen MR) is 96.0 cm³/mol. The zero-order valence-corrected chi connectivity index (χ0v) is 15.3. The summed E-state index contributed by atoms with van der Waals surface area (Å²) in [6.45, 7) is 1.50. The van der Waals surface area contributed by atoms with E-state index in [1.54, 1.807) is 0 Å². The Labute approximate surface area is 152 Å². The first-order chi connectivity index (χ1) is 12.4. The minimum absolute atomic E-state index is 0.0484. The molecular weight excluding hydrogens is 360 g/mol. The first kappa shape index (κ1) is 19.0. The number of anilines is 1. The number of nitrogens with one attached hydrogen (secondary N) is 1. The molecule has 0 saturated carbocycles. The van der Waals surface area contributed by atoms with Crippen LogP contribution in [0.2, 0.25) is 0 Å². The van der Waals surface area contributed by atoms with Crippen LogP contribution in [0.25, 0.3) is 0 Å². The van der Waals surface area contributed by atoms with Crippen LogP contribution in [0.3, 0.4) is 0 Å². The Balaban J connectivity index is 1.94. The summed E-state index contributed by atoms with van der Waals surface area (Å²) >= 11 is 0. The van der Waals surface area contributed by atoms with Gasteiger partial charge < -0.3 is 10.1 Å². The van der Waals surface area contributed by atoms with Crippen molar-refractivity contribution in [2.75, 3.05) is 18.5 Å². The van der Waals surface area contributed by atoms with Gasteiger partial charge in [-0.05, 0) is 44.6 Å². The molecule has 26 heavy (non-hydrogen) atoms. The lowest BCUT2D eigenvalue weighted by Crippen LogP contribution is -2.52. The fourth-order valence-corrected chi connectivity index (χ4v) is 4.38. The van der Waals surface area contributed by atoms with E-state index in [4.69, 9.17) is 9.88 Å². The summed E-state index contributed by atoms with van der Waals surface area (Å²) in [5.74, 6) is 0. The number of benzene rings is 1. The van der Waals surface area contributed by atoms with Crippen LogP contribution >= 0.6 is 0 Å². The summed E-state index contributed by atoms with van der Waals surface area (Å²) in [5, 5.41) is 19.8. The van der Waals surface area contributed by atoms with Gasteiger partial charge in [-0.2, -0.15) is 0 Å². The highest BCUT2D eigenvalue weighted by atomic mass is 32.2. The molecule has 0 radical (unpaired) electrons. The van der Waals surface area contributed by atoms with Gasteiger partial charge in [0.05, 0.1) is 11.1 Å². The Morgan fingerprint density at radius 1 is 1.23 bits per heavy atom. The number of primary sulfonamides is 1. The molecule has 2 atom stereocenters. The molecule has 0 bridgehead atoms. The number of para-hydroxylation sites is 1. The second-order valence-corrected chi connectivity index (χ2v) is 8.20. The first-order valence-corrected chi connectivity index (χ1v) is 10.4. The highest BCUT2D eigenvalue weighted by molar-refractivity contribution is 7.89. The third-order valence-electron chi connectivity index (χ3n) is 4.89. The fourth-order valence-electron chi connectivity index (χ4n) is 3.66. The van der Waals surface area contributed by atoms with Crippen LogP contribution in [0.15, 0.2) is 23.1 Å². The molecule has 2 heterocycles. The van der Waals surface area contributed by atoms with Gasteiger partial charge in [0.25, 0.3) is 5.69 Å². The van der Waals surface area contributed by atoms with Crippen LogP contribution in [0, 0.1) is 10.1 Å². The van der Waals surface area contributed by atoms with Crippen molar-refractivity contribution in [3.8, 4) is 0 Å². The minimum Gasteiger partial charge on any atom is -0.363 e. The Hall–Kier alpha value is -1.75. The quantitative estimate of drug-likeness (QED) is 0.587. The van der Waals surface area contributed by atoms with Crippen molar-refractivity contribution in [3.63, 3.8) is 0 Å². The zero-order valence-electron chi connectivity index (χ0n) is 14.5.